The molecule has 0 aliphatic rings. The Kier molecular flexibility index (Phi) is 3.32. The van der Waals surface area contributed by atoms with Gasteiger partial charge in [-0.15, -0.1) is 0 Å². The van der Waals surface area contributed by atoms with Crippen LogP contribution in [0, 0.1) is 0 Å². The molecule has 4 heteroatoms. The minimum atomic E-state index is 0.805. The van der Waals surface area contributed by atoms with Crippen molar-refractivity contribution in [3.8, 4) is 0 Å². The number of isothiocyanates is 1. The van der Waals surface area contributed by atoms with E-state index in [1.807, 2.05) is 24.3 Å². The Balaban J connectivity index is 2.79. The summed E-state index contributed by atoms with van der Waals surface area (Å²) in [5, 5.41) is 4.64. The van der Waals surface area contributed by atoms with E-state index in [2.05, 4.69) is 60.3 Å². The van der Waals surface area contributed by atoms with Gasteiger partial charge >= 0.3 is 0 Å². The van der Waals surface area contributed by atoms with Crippen molar-refractivity contribution < 1.29 is 0 Å². The number of halogens is 2. The Labute approximate surface area is 109 Å². The molecule has 0 fully saturated rings. The summed E-state index contributed by atoms with van der Waals surface area (Å²) in [7, 11) is 0. The molecule has 2 aromatic rings. The molecule has 0 spiro atoms. The SMILES string of the molecule is S=C=Nc1ccc2cc(Br)ccc2c1Br. The third kappa shape index (κ3) is 2.18. The van der Waals surface area contributed by atoms with Crippen molar-refractivity contribution >= 4 is 65.7 Å². The number of nitrogens with zero attached hydrogens (tertiary/aromatic N) is 1. The second-order valence-electron chi connectivity index (χ2n) is 2.97. The molecule has 15 heavy (non-hydrogen) atoms. The van der Waals surface area contributed by atoms with Crippen LogP contribution in [0.1, 0.15) is 0 Å². The van der Waals surface area contributed by atoms with Crippen LogP contribution in [0.15, 0.2) is 44.3 Å². The Morgan fingerprint density at radius 2 is 1.93 bits per heavy atom. The van der Waals surface area contributed by atoms with Gasteiger partial charge in [-0.05, 0) is 57.1 Å². The van der Waals surface area contributed by atoms with Crippen molar-refractivity contribution in [3.63, 3.8) is 0 Å². The second kappa shape index (κ2) is 4.54. The minimum absolute atomic E-state index is 0.805. The van der Waals surface area contributed by atoms with E-state index in [9.17, 15) is 0 Å². The van der Waals surface area contributed by atoms with Gasteiger partial charge in [0.15, 0.2) is 0 Å². The van der Waals surface area contributed by atoms with Gasteiger partial charge in [0.25, 0.3) is 0 Å². The molecule has 0 bridgehead atoms. The first-order valence-electron chi connectivity index (χ1n) is 4.18. The van der Waals surface area contributed by atoms with Crippen LogP contribution >= 0.6 is 44.1 Å². The molecule has 0 aliphatic carbocycles. The first kappa shape index (κ1) is 11.0. The van der Waals surface area contributed by atoms with E-state index in [0.29, 0.717) is 0 Å². The summed E-state index contributed by atoms with van der Waals surface area (Å²) < 4.78 is 2.01. The average Bonchev–Trinajstić information content (AvgIpc) is 2.22. The molecule has 2 rings (SSSR count). The molecule has 0 radical (unpaired) electrons. The summed E-state index contributed by atoms with van der Waals surface area (Å²) in [6, 6.07) is 10.0. The monoisotopic (exact) mass is 341 g/mol. The van der Waals surface area contributed by atoms with Crippen molar-refractivity contribution in [2.24, 2.45) is 4.99 Å². The number of thiocarbonyl (C=S) groups is 1. The molecule has 0 atom stereocenters. The molecule has 0 saturated carbocycles. The van der Waals surface area contributed by atoms with Crippen molar-refractivity contribution in [3.05, 3.63) is 39.3 Å². The van der Waals surface area contributed by atoms with E-state index in [1.54, 1.807) is 0 Å². The highest BCUT2D eigenvalue weighted by Crippen LogP contribution is 2.34. The van der Waals surface area contributed by atoms with Gasteiger partial charge in [-0.1, -0.05) is 28.1 Å². The normalized spacial score (nSPS) is 10.0. The van der Waals surface area contributed by atoms with Crippen LogP contribution in [0.5, 0.6) is 0 Å². The smallest absolute Gasteiger partial charge is 0.0887 e. The zero-order chi connectivity index (χ0) is 10.8. The molecule has 0 aromatic heterocycles. The third-order valence-electron chi connectivity index (χ3n) is 2.06. The van der Waals surface area contributed by atoms with Crippen molar-refractivity contribution in [2.45, 2.75) is 0 Å². The standard InChI is InChI=1S/C11H5Br2NS/c12-8-2-3-9-7(5-8)1-4-10(11(9)13)14-6-15/h1-5H. The Bertz CT molecular complexity index is 574. The van der Waals surface area contributed by atoms with E-state index in [4.69, 9.17) is 0 Å². The van der Waals surface area contributed by atoms with Gasteiger partial charge in [0.1, 0.15) is 0 Å². The quantitative estimate of drug-likeness (QED) is 0.518. The number of hydrogen-bond donors (Lipinski definition) is 0. The Morgan fingerprint density at radius 3 is 2.67 bits per heavy atom. The van der Waals surface area contributed by atoms with Crippen LogP contribution < -0.4 is 0 Å². The van der Waals surface area contributed by atoms with Gasteiger partial charge in [-0.2, -0.15) is 4.99 Å². The summed E-state index contributed by atoms with van der Waals surface area (Å²) in [6.07, 6.45) is 0. The highest BCUT2D eigenvalue weighted by molar-refractivity contribution is 9.11. The van der Waals surface area contributed by atoms with Crippen LogP contribution in [0.3, 0.4) is 0 Å². The van der Waals surface area contributed by atoms with Crippen molar-refractivity contribution in [1.82, 2.24) is 0 Å². The third-order valence-corrected chi connectivity index (χ3v) is 3.48. The molecule has 1 nitrogen and oxygen atoms in total. The molecule has 0 N–H and O–H groups in total. The highest BCUT2D eigenvalue weighted by Gasteiger charge is 2.03. The summed E-state index contributed by atoms with van der Waals surface area (Å²) in [6.45, 7) is 0. The van der Waals surface area contributed by atoms with Crippen LogP contribution in [0.25, 0.3) is 10.8 Å². The second-order valence-corrected chi connectivity index (χ2v) is 4.86. The number of benzene rings is 2. The number of aliphatic imine (C=N–C) groups is 1. The maximum Gasteiger partial charge on any atom is 0.0887 e. The van der Waals surface area contributed by atoms with Gasteiger partial charge in [-0.25, -0.2) is 0 Å². The van der Waals surface area contributed by atoms with Gasteiger partial charge in [0, 0.05) is 4.47 Å². The minimum Gasteiger partial charge on any atom is -0.194 e. The molecule has 2 aromatic carbocycles. The fourth-order valence-corrected chi connectivity index (χ4v) is 2.45. The largest absolute Gasteiger partial charge is 0.194 e. The lowest BCUT2D eigenvalue weighted by molar-refractivity contribution is 1.55. The Morgan fingerprint density at radius 1 is 1.13 bits per heavy atom. The maximum absolute atomic E-state index is 4.59. The summed E-state index contributed by atoms with van der Waals surface area (Å²) in [5.74, 6) is 0. The number of fused-ring (bicyclic) bond motifs is 1. The van der Waals surface area contributed by atoms with E-state index < -0.39 is 0 Å². The molecule has 0 aliphatic heterocycles. The van der Waals surface area contributed by atoms with E-state index in [-0.39, 0.29) is 0 Å². The van der Waals surface area contributed by atoms with Crippen molar-refractivity contribution in [1.29, 1.82) is 0 Å². The fourth-order valence-electron chi connectivity index (χ4n) is 1.39. The predicted molar refractivity (Wildman–Crippen MR) is 74.0 cm³/mol. The van der Waals surface area contributed by atoms with Gasteiger partial charge in [0.05, 0.1) is 15.3 Å². The zero-order valence-electron chi connectivity index (χ0n) is 7.50. The molecular weight excluding hydrogens is 338 g/mol. The molecule has 0 unspecified atom stereocenters. The molecule has 74 valence electrons. The first-order valence-corrected chi connectivity index (χ1v) is 6.17. The maximum atomic E-state index is 4.59. The fraction of sp³-hybridized carbons (Fsp3) is 0. The topological polar surface area (TPSA) is 12.4 Å². The average molecular weight is 343 g/mol. The van der Waals surface area contributed by atoms with Crippen LogP contribution in [0.2, 0.25) is 0 Å². The summed E-state index contributed by atoms with van der Waals surface area (Å²) >= 11 is 11.5. The van der Waals surface area contributed by atoms with E-state index in [0.717, 1.165) is 25.4 Å². The lowest BCUT2D eigenvalue weighted by Gasteiger charge is -2.03. The number of hydrogen-bond acceptors (Lipinski definition) is 2. The predicted octanol–water partition coefficient (Wildman–Crippen LogP) is 5.10. The Hall–Kier alpha value is -0.540. The lowest BCUT2D eigenvalue weighted by Crippen LogP contribution is -1.76. The van der Waals surface area contributed by atoms with E-state index in [1.165, 1.54) is 0 Å². The molecule has 0 heterocycles. The van der Waals surface area contributed by atoms with Gasteiger partial charge in [-0.3, -0.25) is 0 Å². The molecular formula is C11H5Br2NS. The van der Waals surface area contributed by atoms with Gasteiger partial charge < -0.3 is 0 Å². The lowest BCUT2D eigenvalue weighted by atomic mass is 10.1. The van der Waals surface area contributed by atoms with E-state index >= 15 is 0 Å². The van der Waals surface area contributed by atoms with Crippen LogP contribution in [-0.4, -0.2) is 5.16 Å². The van der Waals surface area contributed by atoms with Gasteiger partial charge in [0.2, 0.25) is 0 Å². The molecule has 0 saturated heterocycles. The summed E-state index contributed by atoms with van der Waals surface area (Å²) in [4.78, 5) is 3.98. The highest BCUT2D eigenvalue weighted by atomic mass is 79.9. The summed E-state index contributed by atoms with van der Waals surface area (Å²) in [5.41, 5.74) is 0.805. The zero-order valence-corrected chi connectivity index (χ0v) is 11.5. The molecule has 0 amide bonds. The van der Waals surface area contributed by atoms with Crippen LogP contribution in [-0.2, 0) is 0 Å². The number of rotatable bonds is 1. The first-order chi connectivity index (χ1) is 7.22. The van der Waals surface area contributed by atoms with Crippen molar-refractivity contribution in [2.75, 3.05) is 0 Å². The van der Waals surface area contributed by atoms with Crippen LogP contribution in [0.4, 0.5) is 5.69 Å².